The second-order valence-corrected chi connectivity index (χ2v) is 4.34. The highest BCUT2D eigenvalue weighted by atomic mass is 19.4. The van der Waals surface area contributed by atoms with Gasteiger partial charge in [0.15, 0.2) is 0 Å². The Morgan fingerprint density at radius 3 is 2.17 bits per heavy atom. The molecule has 104 valence electrons. The monoisotopic (exact) mass is 269 g/mol. The maximum Gasteiger partial charge on any atom is 0.390 e. The van der Waals surface area contributed by atoms with Gasteiger partial charge in [-0.05, 0) is 13.0 Å². The highest BCUT2D eigenvalue weighted by molar-refractivity contribution is 5.80. The lowest BCUT2D eigenvalue weighted by Crippen LogP contribution is -2.47. The lowest BCUT2D eigenvalue weighted by Gasteiger charge is -2.34. The third-order valence-corrected chi connectivity index (χ3v) is 3.04. The standard InChI is InChI=1S/C10H14F3NO4/c11-10(12,13)2-4-14-3-1-6(8(15)16)7(5-14)9(17)18/h6-7H,1-5H2,(H,15,16)(H,17,18). The van der Waals surface area contributed by atoms with Crippen molar-refractivity contribution in [3.8, 4) is 0 Å². The molecule has 1 heterocycles. The van der Waals surface area contributed by atoms with Crippen LogP contribution in [0.4, 0.5) is 13.2 Å². The molecule has 0 aliphatic carbocycles. The summed E-state index contributed by atoms with van der Waals surface area (Å²) in [6, 6.07) is 0. The van der Waals surface area contributed by atoms with Crippen LogP contribution in [0.15, 0.2) is 0 Å². The number of aliphatic carboxylic acids is 2. The van der Waals surface area contributed by atoms with E-state index in [1.165, 1.54) is 4.90 Å². The van der Waals surface area contributed by atoms with Crippen LogP contribution < -0.4 is 0 Å². The highest BCUT2D eigenvalue weighted by Crippen LogP contribution is 2.26. The van der Waals surface area contributed by atoms with Gasteiger partial charge in [0.25, 0.3) is 0 Å². The summed E-state index contributed by atoms with van der Waals surface area (Å²) in [5, 5.41) is 17.7. The maximum atomic E-state index is 12.0. The fourth-order valence-corrected chi connectivity index (χ4v) is 2.05. The summed E-state index contributed by atoms with van der Waals surface area (Å²) in [7, 11) is 0. The molecule has 0 radical (unpaired) electrons. The number of carboxylic acids is 2. The van der Waals surface area contributed by atoms with Crippen LogP contribution in [-0.4, -0.2) is 52.9 Å². The molecule has 2 N–H and O–H groups in total. The number of likely N-dealkylation sites (tertiary alicyclic amines) is 1. The molecule has 1 saturated heterocycles. The van der Waals surface area contributed by atoms with Crippen LogP contribution in [0, 0.1) is 11.8 Å². The quantitative estimate of drug-likeness (QED) is 0.797. The SMILES string of the molecule is O=C(O)C1CCN(CCC(F)(F)F)CC1C(=O)O. The van der Waals surface area contributed by atoms with Crippen molar-refractivity contribution >= 4 is 11.9 Å². The summed E-state index contributed by atoms with van der Waals surface area (Å²) in [5.41, 5.74) is 0. The molecule has 1 rings (SSSR count). The van der Waals surface area contributed by atoms with Crippen LogP contribution in [0.5, 0.6) is 0 Å². The fourth-order valence-electron chi connectivity index (χ4n) is 2.05. The molecule has 1 fully saturated rings. The predicted molar refractivity (Wildman–Crippen MR) is 54.0 cm³/mol. The van der Waals surface area contributed by atoms with Crippen molar-refractivity contribution in [3.63, 3.8) is 0 Å². The maximum absolute atomic E-state index is 12.0. The highest BCUT2D eigenvalue weighted by Gasteiger charge is 2.39. The first-order valence-corrected chi connectivity index (χ1v) is 5.45. The summed E-state index contributed by atoms with van der Waals surface area (Å²) >= 11 is 0. The Bertz CT molecular complexity index is 332. The molecule has 18 heavy (non-hydrogen) atoms. The molecule has 1 aliphatic heterocycles. The van der Waals surface area contributed by atoms with Crippen LogP contribution in [0.1, 0.15) is 12.8 Å². The fraction of sp³-hybridized carbons (Fsp3) is 0.800. The average Bonchev–Trinajstić information content (AvgIpc) is 2.24. The summed E-state index contributed by atoms with van der Waals surface area (Å²) in [5.74, 6) is -4.66. The zero-order chi connectivity index (χ0) is 13.9. The van der Waals surface area contributed by atoms with Gasteiger partial charge in [-0.2, -0.15) is 13.2 Å². The number of alkyl halides is 3. The van der Waals surface area contributed by atoms with Crippen LogP contribution in [0.2, 0.25) is 0 Å². The van der Waals surface area contributed by atoms with Crippen molar-refractivity contribution in [1.29, 1.82) is 0 Å². The van der Waals surface area contributed by atoms with E-state index >= 15 is 0 Å². The van der Waals surface area contributed by atoms with Gasteiger partial charge in [-0.25, -0.2) is 0 Å². The van der Waals surface area contributed by atoms with E-state index < -0.39 is 36.4 Å². The van der Waals surface area contributed by atoms with Crippen molar-refractivity contribution in [2.45, 2.75) is 19.0 Å². The van der Waals surface area contributed by atoms with Gasteiger partial charge in [-0.3, -0.25) is 9.59 Å². The molecular weight excluding hydrogens is 255 g/mol. The first-order valence-electron chi connectivity index (χ1n) is 5.45. The third-order valence-electron chi connectivity index (χ3n) is 3.04. The number of nitrogens with zero attached hydrogens (tertiary/aromatic N) is 1. The molecule has 0 saturated carbocycles. The Hall–Kier alpha value is -1.31. The van der Waals surface area contributed by atoms with E-state index in [9.17, 15) is 22.8 Å². The van der Waals surface area contributed by atoms with Crippen molar-refractivity contribution < 1.29 is 33.0 Å². The molecule has 0 aromatic carbocycles. The zero-order valence-corrected chi connectivity index (χ0v) is 9.48. The van der Waals surface area contributed by atoms with Gasteiger partial charge in [0.1, 0.15) is 0 Å². The average molecular weight is 269 g/mol. The van der Waals surface area contributed by atoms with Crippen molar-refractivity contribution in [3.05, 3.63) is 0 Å². The predicted octanol–water partition coefficient (Wildman–Crippen LogP) is 1.05. The minimum Gasteiger partial charge on any atom is -0.481 e. The number of piperidine rings is 1. The summed E-state index contributed by atoms with van der Waals surface area (Å²) in [4.78, 5) is 23.1. The summed E-state index contributed by atoms with van der Waals surface area (Å²) < 4.78 is 36.1. The van der Waals surface area contributed by atoms with Crippen LogP contribution >= 0.6 is 0 Å². The molecule has 0 aromatic rings. The number of halogens is 3. The Morgan fingerprint density at radius 2 is 1.72 bits per heavy atom. The molecule has 1 aliphatic rings. The van der Waals surface area contributed by atoms with E-state index in [4.69, 9.17) is 10.2 Å². The molecule has 5 nitrogen and oxygen atoms in total. The largest absolute Gasteiger partial charge is 0.481 e. The molecule has 2 unspecified atom stereocenters. The first kappa shape index (κ1) is 14.7. The third kappa shape index (κ3) is 4.17. The summed E-state index contributed by atoms with van der Waals surface area (Å²) in [6.07, 6.45) is -5.25. The van der Waals surface area contributed by atoms with E-state index in [1.54, 1.807) is 0 Å². The molecule has 0 aromatic heterocycles. The smallest absolute Gasteiger partial charge is 0.390 e. The van der Waals surface area contributed by atoms with Gasteiger partial charge in [-0.15, -0.1) is 0 Å². The van der Waals surface area contributed by atoms with Crippen molar-refractivity contribution in [2.75, 3.05) is 19.6 Å². The minimum atomic E-state index is -4.29. The lowest BCUT2D eigenvalue weighted by atomic mass is 9.85. The van der Waals surface area contributed by atoms with Gasteiger partial charge >= 0.3 is 18.1 Å². The molecule has 2 atom stereocenters. The number of carbonyl (C=O) groups is 2. The lowest BCUT2D eigenvalue weighted by molar-refractivity contribution is -0.159. The Kier molecular flexibility index (Phi) is 4.55. The molecular formula is C10H14F3NO4. The van der Waals surface area contributed by atoms with Gasteiger partial charge < -0.3 is 15.1 Å². The van der Waals surface area contributed by atoms with Gasteiger partial charge in [0.2, 0.25) is 0 Å². The normalized spacial score (nSPS) is 25.9. The van der Waals surface area contributed by atoms with Crippen molar-refractivity contribution in [2.24, 2.45) is 11.8 Å². The van der Waals surface area contributed by atoms with E-state index in [0.29, 0.717) is 0 Å². The zero-order valence-electron chi connectivity index (χ0n) is 9.48. The Balaban J connectivity index is 2.58. The topological polar surface area (TPSA) is 77.8 Å². The number of hydrogen-bond acceptors (Lipinski definition) is 3. The van der Waals surface area contributed by atoms with E-state index in [-0.39, 0.29) is 26.1 Å². The number of hydrogen-bond donors (Lipinski definition) is 2. The molecule has 0 bridgehead atoms. The Morgan fingerprint density at radius 1 is 1.17 bits per heavy atom. The van der Waals surface area contributed by atoms with Crippen LogP contribution in [0.25, 0.3) is 0 Å². The Labute approximate surface area is 101 Å². The van der Waals surface area contributed by atoms with E-state index in [0.717, 1.165) is 0 Å². The van der Waals surface area contributed by atoms with Gasteiger partial charge in [-0.1, -0.05) is 0 Å². The van der Waals surface area contributed by atoms with Crippen LogP contribution in [0.3, 0.4) is 0 Å². The molecule has 8 heteroatoms. The van der Waals surface area contributed by atoms with Gasteiger partial charge in [0.05, 0.1) is 18.3 Å². The second kappa shape index (κ2) is 5.55. The minimum absolute atomic E-state index is 0.0597. The van der Waals surface area contributed by atoms with E-state index in [2.05, 4.69) is 0 Å². The van der Waals surface area contributed by atoms with Crippen molar-refractivity contribution in [1.82, 2.24) is 4.90 Å². The molecule has 0 amide bonds. The number of carboxylic acid groups (broad SMARTS) is 2. The van der Waals surface area contributed by atoms with E-state index in [1.807, 2.05) is 0 Å². The first-order chi connectivity index (χ1) is 8.20. The van der Waals surface area contributed by atoms with Crippen LogP contribution in [-0.2, 0) is 9.59 Å². The second-order valence-electron chi connectivity index (χ2n) is 4.34. The molecule has 0 spiro atoms. The summed E-state index contributed by atoms with van der Waals surface area (Å²) in [6.45, 7) is -0.265. The van der Waals surface area contributed by atoms with Gasteiger partial charge in [0, 0.05) is 13.1 Å². The number of rotatable bonds is 4.